The Morgan fingerprint density at radius 3 is 2.33 bits per heavy atom. The van der Waals surface area contributed by atoms with E-state index >= 15 is 0 Å². The van der Waals surface area contributed by atoms with E-state index in [1.807, 2.05) is 0 Å². The van der Waals surface area contributed by atoms with Gasteiger partial charge in [-0.05, 0) is 37.6 Å². The number of carbonyl (C=O) groups excluding carboxylic acids is 1. The number of hydrogen-bond acceptors (Lipinski definition) is 2. The molecule has 1 saturated heterocycles. The molecule has 0 unspecified atom stereocenters. The molecule has 3 heteroatoms. The van der Waals surface area contributed by atoms with E-state index in [2.05, 4.69) is 37.9 Å². The van der Waals surface area contributed by atoms with Crippen LogP contribution in [0.25, 0.3) is 0 Å². The van der Waals surface area contributed by atoms with Crippen molar-refractivity contribution in [2.75, 3.05) is 19.6 Å². The average Bonchev–Trinajstić information content (AvgIpc) is 2.34. The number of nitrogens with one attached hydrogen (secondary N) is 1. The molecule has 106 valence electrons. The highest BCUT2D eigenvalue weighted by Gasteiger charge is 2.23. The average molecular weight is 254 g/mol. The van der Waals surface area contributed by atoms with Gasteiger partial charge in [-0.2, -0.15) is 0 Å². The van der Waals surface area contributed by atoms with E-state index in [4.69, 9.17) is 0 Å². The van der Waals surface area contributed by atoms with Gasteiger partial charge < -0.3 is 10.2 Å². The molecule has 0 atom stereocenters. The zero-order valence-corrected chi connectivity index (χ0v) is 12.5. The lowest BCUT2D eigenvalue weighted by Crippen LogP contribution is -2.39. The van der Waals surface area contributed by atoms with Crippen LogP contribution in [0.15, 0.2) is 0 Å². The summed E-state index contributed by atoms with van der Waals surface area (Å²) in [5.74, 6) is 1.93. The molecular formula is C15H30N2O. The van der Waals surface area contributed by atoms with Gasteiger partial charge in [-0.3, -0.25) is 4.79 Å². The first kappa shape index (κ1) is 15.5. The summed E-state index contributed by atoms with van der Waals surface area (Å²) < 4.78 is 0. The topological polar surface area (TPSA) is 32.3 Å². The lowest BCUT2D eigenvalue weighted by molar-refractivity contribution is -0.132. The number of hydrogen-bond donors (Lipinski definition) is 1. The number of likely N-dealkylation sites (tertiary alicyclic amines) is 1. The number of piperidine rings is 1. The molecule has 1 aliphatic rings. The van der Waals surface area contributed by atoms with Gasteiger partial charge in [0.05, 0.1) is 0 Å². The molecule has 1 heterocycles. The maximum atomic E-state index is 12.0. The zero-order valence-electron chi connectivity index (χ0n) is 12.5. The van der Waals surface area contributed by atoms with Gasteiger partial charge in [0, 0.05) is 25.6 Å². The monoisotopic (exact) mass is 254 g/mol. The number of carbonyl (C=O) groups is 1. The fourth-order valence-electron chi connectivity index (χ4n) is 2.60. The molecule has 18 heavy (non-hydrogen) atoms. The summed E-state index contributed by atoms with van der Waals surface area (Å²) in [7, 11) is 0. The molecule has 1 rings (SSSR count). The molecule has 0 spiro atoms. The second-order valence-corrected chi connectivity index (χ2v) is 6.17. The highest BCUT2D eigenvalue weighted by Crippen LogP contribution is 2.24. The van der Waals surface area contributed by atoms with Gasteiger partial charge in [-0.15, -0.1) is 0 Å². The minimum absolute atomic E-state index is 0.350. The number of rotatable bonds is 6. The smallest absolute Gasteiger partial charge is 0.222 e. The van der Waals surface area contributed by atoms with Crippen molar-refractivity contribution in [2.24, 2.45) is 11.8 Å². The maximum Gasteiger partial charge on any atom is 0.222 e. The van der Waals surface area contributed by atoms with Gasteiger partial charge in [-0.25, -0.2) is 0 Å². The van der Waals surface area contributed by atoms with Crippen LogP contribution in [0.5, 0.6) is 0 Å². The van der Waals surface area contributed by atoms with E-state index < -0.39 is 0 Å². The fourth-order valence-corrected chi connectivity index (χ4v) is 2.60. The summed E-state index contributed by atoms with van der Waals surface area (Å²) in [5.41, 5.74) is 0. The second kappa shape index (κ2) is 7.78. The molecule has 0 aromatic heterocycles. The summed E-state index contributed by atoms with van der Waals surface area (Å²) in [5, 5.41) is 3.36. The van der Waals surface area contributed by atoms with Gasteiger partial charge in [0.25, 0.3) is 0 Å². The van der Waals surface area contributed by atoms with Crippen LogP contribution in [0.1, 0.15) is 53.4 Å². The molecule has 0 bridgehead atoms. The lowest BCUT2D eigenvalue weighted by atomic mass is 9.86. The van der Waals surface area contributed by atoms with Crippen molar-refractivity contribution < 1.29 is 4.79 Å². The van der Waals surface area contributed by atoms with Gasteiger partial charge in [0.2, 0.25) is 5.91 Å². The van der Waals surface area contributed by atoms with Crippen LogP contribution < -0.4 is 5.32 Å². The second-order valence-electron chi connectivity index (χ2n) is 6.17. The molecule has 0 saturated carbocycles. The van der Waals surface area contributed by atoms with Crippen LogP contribution in [-0.4, -0.2) is 36.5 Å². The van der Waals surface area contributed by atoms with E-state index in [0.29, 0.717) is 18.4 Å². The largest absolute Gasteiger partial charge is 0.343 e. The first-order valence-electron chi connectivity index (χ1n) is 7.52. The number of nitrogens with zero attached hydrogens (tertiary/aromatic N) is 1. The van der Waals surface area contributed by atoms with Crippen LogP contribution in [0.2, 0.25) is 0 Å². The van der Waals surface area contributed by atoms with Crippen LogP contribution >= 0.6 is 0 Å². The van der Waals surface area contributed by atoms with E-state index in [9.17, 15) is 4.79 Å². The zero-order chi connectivity index (χ0) is 13.5. The van der Waals surface area contributed by atoms with Gasteiger partial charge in [0.15, 0.2) is 0 Å². The van der Waals surface area contributed by atoms with Crippen molar-refractivity contribution in [1.82, 2.24) is 10.2 Å². The summed E-state index contributed by atoms with van der Waals surface area (Å²) >= 11 is 0. The molecule has 0 aromatic carbocycles. The van der Waals surface area contributed by atoms with Crippen molar-refractivity contribution in [1.29, 1.82) is 0 Å². The Hall–Kier alpha value is -0.570. The molecule has 0 aromatic rings. The first-order chi connectivity index (χ1) is 8.50. The molecule has 0 radical (unpaired) electrons. The quantitative estimate of drug-likeness (QED) is 0.739. The van der Waals surface area contributed by atoms with Gasteiger partial charge in [-0.1, -0.05) is 27.7 Å². The van der Waals surface area contributed by atoms with E-state index in [1.54, 1.807) is 0 Å². The van der Waals surface area contributed by atoms with Crippen molar-refractivity contribution in [3.05, 3.63) is 0 Å². The highest BCUT2D eigenvalue weighted by atomic mass is 16.2. The van der Waals surface area contributed by atoms with Crippen LogP contribution in [0.4, 0.5) is 0 Å². The Labute approximate surface area is 112 Å². The molecule has 1 amide bonds. The fraction of sp³-hybridized carbons (Fsp3) is 0.933. The predicted octanol–water partition coefficient (Wildman–Crippen LogP) is 2.66. The third kappa shape index (κ3) is 5.38. The Morgan fingerprint density at radius 2 is 1.83 bits per heavy atom. The maximum absolute atomic E-state index is 12.0. The summed E-state index contributed by atoms with van der Waals surface area (Å²) in [6, 6.07) is 0.516. The first-order valence-corrected chi connectivity index (χ1v) is 7.52. The normalized spacial score (nSPS) is 17.8. The highest BCUT2D eigenvalue weighted by molar-refractivity contribution is 5.76. The van der Waals surface area contributed by atoms with Gasteiger partial charge >= 0.3 is 0 Å². The van der Waals surface area contributed by atoms with E-state index in [0.717, 1.165) is 37.9 Å². The van der Waals surface area contributed by atoms with Crippen LogP contribution in [-0.2, 0) is 4.79 Å². The van der Waals surface area contributed by atoms with Crippen molar-refractivity contribution >= 4 is 5.91 Å². The Balaban J connectivity index is 2.16. The van der Waals surface area contributed by atoms with E-state index in [-0.39, 0.29) is 0 Å². The Morgan fingerprint density at radius 1 is 1.22 bits per heavy atom. The summed E-state index contributed by atoms with van der Waals surface area (Å²) in [4.78, 5) is 14.1. The summed E-state index contributed by atoms with van der Waals surface area (Å²) in [6.07, 6.45) is 4.04. The number of amides is 1. The van der Waals surface area contributed by atoms with Gasteiger partial charge in [0.1, 0.15) is 0 Å². The molecule has 1 N–H and O–H groups in total. The predicted molar refractivity (Wildman–Crippen MR) is 76.5 cm³/mol. The SMILES string of the molecule is CC(C)NCCCC(=O)N1CCC(C(C)C)CC1. The third-order valence-corrected chi connectivity index (χ3v) is 3.96. The third-order valence-electron chi connectivity index (χ3n) is 3.96. The Bertz CT molecular complexity index is 243. The van der Waals surface area contributed by atoms with Crippen molar-refractivity contribution in [2.45, 2.75) is 59.4 Å². The van der Waals surface area contributed by atoms with Crippen molar-refractivity contribution in [3.63, 3.8) is 0 Å². The standard InChI is InChI=1S/C15H30N2O/c1-12(2)14-7-10-17(11-8-14)15(18)6-5-9-16-13(3)4/h12-14,16H,5-11H2,1-4H3. The molecule has 3 nitrogen and oxygen atoms in total. The molecule has 0 aliphatic carbocycles. The van der Waals surface area contributed by atoms with E-state index in [1.165, 1.54) is 12.8 Å². The Kier molecular flexibility index (Phi) is 6.69. The summed E-state index contributed by atoms with van der Waals surface area (Å²) in [6.45, 7) is 11.8. The van der Waals surface area contributed by atoms with Crippen molar-refractivity contribution in [3.8, 4) is 0 Å². The van der Waals surface area contributed by atoms with Crippen LogP contribution in [0, 0.1) is 11.8 Å². The molecule has 1 aliphatic heterocycles. The molecular weight excluding hydrogens is 224 g/mol. The minimum atomic E-state index is 0.350. The van der Waals surface area contributed by atoms with Crippen LogP contribution in [0.3, 0.4) is 0 Å². The minimum Gasteiger partial charge on any atom is -0.343 e. The molecule has 1 fully saturated rings. The lowest BCUT2D eigenvalue weighted by Gasteiger charge is -2.34.